The minimum absolute atomic E-state index is 0.0438. The zero-order valence-corrected chi connectivity index (χ0v) is 15.8. The molecule has 0 saturated carbocycles. The van der Waals surface area contributed by atoms with Crippen molar-refractivity contribution in [3.05, 3.63) is 54.2 Å². The monoisotopic (exact) mass is 382 g/mol. The van der Waals surface area contributed by atoms with Gasteiger partial charge in [-0.15, -0.1) is 0 Å². The van der Waals surface area contributed by atoms with Gasteiger partial charge in [0.25, 0.3) is 0 Å². The first kappa shape index (κ1) is 18.2. The molecule has 7 nitrogen and oxygen atoms in total. The summed E-state index contributed by atoms with van der Waals surface area (Å²) in [5.41, 5.74) is 0.654. The SMILES string of the molecule is COc1cccc2cc(C(C)NC(=O)C3CC(=O)N(Cc4ccco4)C3)oc12. The van der Waals surface area contributed by atoms with E-state index in [1.807, 2.05) is 37.3 Å². The number of hydrogen-bond acceptors (Lipinski definition) is 5. The van der Waals surface area contributed by atoms with Crippen LogP contribution in [0.1, 0.15) is 30.9 Å². The third-order valence-corrected chi connectivity index (χ3v) is 5.04. The van der Waals surface area contributed by atoms with Gasteiger partial charge in [-0.3, -0.25) is 9.59 Å². The smallest absolute Gasteiger partial charge is 0.226 e. The van der Waals surface area contributed by atoms with E-state index in [0.717, 1.165) is 5.39 Å². The van der Waals surface area contributed by atoms with E-state index in [0.29, 0.717) is 35.9 Å². The summed E-state index contributed by atoms with van der Waals surface area (Å²) in [6.07, 6.45) is 1.78. The predicted octanol–water partition coefficient (Wildman–Crippen LogP) is 3.26. The fourth-order valence-electron chi connectivity index (χ4n) is 3.52. The highest BCUT2D eigenvalue weighted by Gasteiger charge is 2.35. The van der Waals surface area contributed by atoms with Crippen molar-refractivity contribution in [3.8, 4) is 5.75 Å². The number of hydrogen-bond donors (Lipinski definition) is 1. The Hall–Kier alpha value is -3.22. The highest BCUT2D eigenvalue weighted by atomic mass is 16.5. The van der Waals surface area contributed by atoms with E-state index in [1.54, 1.807) is 24.3 Å². The summed E-state index contributed by atoms with van der Waals surface area (Å²) in [5, 5.41) is 3.87. The maximum Gasteiger partial charge on any atom is 0.226 e. The van der Waals surface area contributed by atoms with Gasteiger partial charge in [0.15, 0.2) is 11.3 Å². The van der Waals surface area contributed by atoms with Crippen LogP contribution in [0.3, 0.4) is 0 Å². The molecule has 1 fully saturated rings. The number of para-hydroxylation sites is 1. The molecular weight excluding hydrogens is 360 g/mol. The average molecular weight is 382 g/mol. The number of rotatable bonds is 6. The lowest BCUT2D eigenvalue weighted by molar-refractivity contribution is -0.129. The van der Waals surface area contributed by atoms with E-state index >= 15 is 0 Å². The molecule has 2 atom stereocenters. The summed E-state index contributed by atoms with van der Waals surface area (Å²) < 4.78 is 16.5. The molecule has 2 unspecified atom stereocenters. The first-order valence-corrected chi connectivity index (χ1v) is 9.22. The van der Waals surface area contributed by atoms with Gasteiger partial charge in [0, 0.05) is 18.4 Å². The predicted molar refractivity (Wildman–Crippen MR) is 102 cm³/mol. The highest BCUT2D eigenvalue weighted by Crippen LogP contribution is 2.31. The summed E-state index contributed by atoms with van der Waals surface area (Å²) in [5.74, 6) is 1.41. The molecule has 1 aliphatic rings. The maximum absolute atomic E-state index is 12.7. The standard InChI is InChI=1S/C21H22N2O5/c1-13(18-9-14-5-3-7-17(26-2)20(14)28-18)22-21(25)15-10-19(24)23(11-15)12-16-6-4-8-27-16/h3-9,13,15H,10-12H2,1-2H3,(H,22,25). The van der Waals surface area contributed by atoms with E-state index in [2.05, 4.69) is 5.32 Å². The molecule has 4 rings (SSSR count). The second-order valence-electron chi connectivity index (χ2n) is 7.01. The summed E-state index contributed by atoms with van der Waals surface area (Å²) in [7, 11) is 1.59. The zero-order valence-electron chi connectivity index (χ0n) is 15.8. The number of likely N-dealkylation sites (tertiary alicyclic amines) is 1. The molecule has 2 amide bonds. The Kier molecular flexibility index (Phi) is 4.81. The Labute approximate surface area is 162 Å². The molecule has 1 aliphatic heterocycles. The first-order valence-electron chi connectivity index (χ1n) is 9.22. The Morgan fingerprint density at radius 3 is 2.96 bits per heavy atom. The van der Waals surface area contributed by atoms with Gasteiger partial charge in [-0.2, -0.15) is 0 Å². The van der Waals surface area contributed by atoms with Gasteiger partial charge in [0.05, 0.1) is 31.9 Å². The number of nitrogens with zero attached hydrogens (tertiary/aromatic N) is 1. The second-order valence-corrected chi connectivity index (χ2v) is 7.01. The summed E-state index contributed by atoms with van der Waals surface area (Å²) in [4.78, 5) is 26.6. The van der Waals surface area contributed by atoms with Gasteiger partial charge in [-0.25, -0.2) is 0 Å². The van der Waals surface area contributed by atoms with E-state index in [4.69, 9.17) is 13.6 Å². The largest absolute Gasteiger partial charge is 0.493 e. The highest BCUT2D eigenvalue weighted by molar-refractivity contribution is 5.89. The molecule has 0 spiro atoms. The summed E-state index contributed by atoms with van der Waals surface area (Å²) >= 11 is 0. The number of carbonyl (C=O) groups excluding carboxylic acids is 2. The van der Waals surface area contributed by atoms with Crippen molar-refractivity contribution < 1.29 is 23.2 Å². The number of furan rings is 2. The molecule has 146 valence electrons. The molecule has 0 aliphatic carbocycles. The van der Waals surface area contributed by atoms with Crippen molar-refractivity contribution in [1.82, 2.24) is 10.2 Å². The minimum Gasteiger partial charge on any atom is -0.493 e. The van der Waals surface area contributed by atoms with Gasteiger partial charge in [-0.05, 0) is 31.2 Å². The Bertz CT molecular complexity index is 992. The van der Waals surface area contributed by atoms with Gasteiger partial charge in [0.2, 0.25) is 11.8 Å². The summed E-state index contributed by atoms with van der Waals surface area (Å²) in [6, 6.07) is 10.8. The molecule has 1 aromatic carbocycles. The van der Waals surface area contributed by atoms with Crippen LogP contribution in [-0.2, 0) is 16.1 Å². The topological polar surface area (TPSA) is 84.9 Å². The van der Waals surface area contributed by atoms with Crippen molar-refractivity contribution in [2.75, 3.05) is 13.7 Å². The Morgan fingerprint density at radius 1 is 1.36 bits per heavy atom. The molecule has 2 aromatic heterocycles. The fourth-order valence-corrected chi connectivity index (χ4v) is 3.52. The number of methoxy groups -OCH3 is 1. The molecule has 1 saturated heterocycles. The number of carbonyl (C=O) groups is 2. The van der Waals surface area contributed by atoms with Crippen LogP contribution in [0.5, 0.6) is 5.75 Å². The third kappa shape index (κ3) is 3.47. The molecule has 28 heavy (non-hydrogen) atoms. The maximum atomic E-state index is 12.7. The Morgan fingerprint density at radius 2 is 2.21 bits per heavy atom. The van der Waals surface area contributed by atoms with Gasteiger partial charge in [-0.1, -0.05) is 12.1 Å². The second kappa shape index (κ2) is 7.42. The molecule has 0 bridgehead atoms. The quantitative estimate of drug-likeness (QED) is 0.707. The van der Waals surface area contributed by atoms with Crippen LogP contribution in [0.25, 0.3) is 11.0 Å². The van der Waals surface area contributed by atoms with E-state index in [1.165, 1.54) is 0 Å². The van der Waals surface area contributed by atoms with Crippen molar-refractivity contribution in [2.45, 2.75) is 25.9 Å². The lowest BCUT2D eigenvalue weighted by atomic mass is 10.1. The van der Waals surface area contributed by atoms with E-state index in [-0.39, 0.29) is 30.2 Å². The van der Waals surface area contributed by atoms with Crippen LogP contribution >= 0.6 is 0 Å². The number of ether oxygens (including phenoxy) is 1. The average Bonchev–Trinajstić information content (AvgIpc) is 3.42. The van der Waals surface area contributed by atoms with Crippen LogP contribution in [0.4, 0.5) is 0 Å². The number of benzene rings is 1. The Balaban J connectivity index is 1.41. The lowest BCUT2D eigenvalue weighted by Crippen LogP contribution is -2.34. The van der Waals surface area contributed by atoms with Crippen molar-refractivity contribution in [2.24, 2.45) is 5.92 Å². The number of fused-ring (bicyclic) bond motifs is 1. The van der Waals surface area contributed by atoms with Crippen LogP contribution < -0.4 is 10.1 Å². The van der Waals surface area contributed by atoms with Gasteiger partial charge >= 0.3 is 0 Å². The lowest BCUT2D eigenvalue weighted by Gasteiger charge is -2.17. The van der Waals surface area contributed by atoms with Crippen molar-refractivity contribution >= 4 is 22.8 Å². The van der Waals surface area contributed by atoms with Gasteiger partial charge < -0.3 is 23.8 Å². The minimum atomic E-state index is -0.385. The first-order chi connectivity index (χ1) is 13.5. The molecule has 3 aromatic rings. The molecule has 7 heteroatoms. The molecular formula is C21H22N2O5. The van der Waals surface area contributed by atoms with Crippen LogP contribution in [-0.4, -0.2) is 30.4 Å². The molecule has 1 N–H and O–H groups in total. The number of amides is 2. The summed E-state index contributed by atoms with van der Waals surface area (Å²) in [6.45, 7) is 2.63. The van der Waals surface area contributed by atoms with Crippen LogP contribution in [0.15, 0.2) is 51.5 Å². The third-order valence-electron chi connectivity index (χ3n) is 5.04. The van der Waals surface area contributed by atoms with Crippen molar-refractivity contribution in [1.29, 1.82) is 0 Å². The van der Waals surface area contributed by atoms with Crippen molar-refractivity contribution in [3.63, 3.8) is 0 Å². The van der Waals surface area contributed by atoms with E-state index < -0.39 is 0 Å². The van der Waals surface area contributed by atoms with Gasteiger partial charge in [0.1, 0.15) is 11.5 Å². The normalized spacial score (nSPS) is 17.9. The molecule has 0 radical (unpaired) electrons. The number of nitrogens with one attached hydrogen (secondary N) is 1. The molecule has 3 heterocycles. The van der Waals surface area contributed by atoms with Crippen LogP contribution in [0, 0.1) is 5.92 Å². The van der Waals surface area contributed by atoms with Crippen LogP contribution in [0.2, 0.25) is 0 Å². The van der Waals surface area contributed by atoms with E-state index in [9.17, 15) is 9.59 Å². The zero-order chi connectivity index (χ0) is 19.7. The fraction of sp³-hybridized carbons (Fsp3) is 0.333.